The van der Waals surface area contributed by atoms with E-state index in [1.807, 2.05) is 62.3 Å². The number of amides is 6. The predicted octanol–water partition coefficient (Wildman–Crippen LogP) is 8.89. The van der Waals surface area contributed by atoms with Crippen molar-refractivity contribution in [1.82, 2.24) is 39.7 Å². The van der Waals surface area contributed by atoms with Crippen molar-refractivity contribution in [2.24, 2.45) is 47.3 Å². The van der Waals surface area contributed by atoms with Gasteiger partial charge in [-0.3, -0.25) is 38.3 Å². The van der Waals surface area contributed by atoms with Gasteiger partial charge in [0.25, 0.3) is 5.91 Å². The van der Waals surface area contributed by atoms with Gasteiger partial charge in [-0.05, 0) is 115 Å². The number of Topliss-reactive ketones (excluding diaryl/α,β-unsaturated/α-hetero) is 2. The highest BCUT2D eigenvalue weighted by atomic mass is 35.5. The van der Waals surface area contributed by atoms with Crippen LogP contribution in [0.25, 0.3) is 0 Å². The number of ketones is 2. The van der Waals surface area contributed by atoms with Gasteiger partial charge in [0.15, 0.2) is 5.78 Å². The molecule has 10 atom stereocenters. The molecule has 1 aromatic heterocycles. The quantitative estimate of drug-likeness (QED) is 0.0463. The number of methoxy groups -OCH3 is 1. The Labute approximate surface area is 519 Å². The van der Waals surface area contributed by atoms with Crippen LogP contribution in [0.15, 0.2) is 24.3 Å². The maximum atomic E-state index is 14.8. The topological polar surface area (TPSA) is 286 Å². The van der Waals surface area contributed by atoms with Gasteiger partial charge >= 0.3 is 6.09 Å². The zero-order valence-corrected chi connectivity index (χ0v) is 55.3. The number of ether oxygens (including phenoxy) is 2. The van der Waals surface area contributed by atoms with E-state index in [0.29, 0.717) is 69.3 Å². The summed E-state index contributed by atoms with van der Waals surface area (Å²) < 4.78 is 39.2. The van der Waals surface area contributed by atoms with E-state index in [9.17, 15) is 46.8 Å². The van der Waals surface area contributed by atoms with Gasteiger partial charge in [-0.25, -0.2) is 13.2 Å². The molecule has 1 aliphatic heterocycles. The highest BCUT2D eigenvalue weighted by molar-refractivity contribution is 7.90. The lowest BCUT2D eigenvalue weighted by Crippen LogP contribution is -2.54. The number of aromatic nitrogens is 3. The minimum atomic E-state index is -3.82. The number of anilines is 2. The van der Waals surface area contributed by atoms with Gasteiger partial charge in [0.2, 0.25) is 50.2 Å². The fourth-order valence-corrected chi connectivity index (χ4v) is 12.9. The van der Waals surface area contributed by atoms with Gasteiger partial charge in [0.05, 0.1) is 29.9 Å². The van der Waals surface area contributed by atoms with E-state index < -0.39 is 75.2 Å². The number of likely N-dealkylation sites (N-methyl/N-ethyl adjacent to an activating group) is 2. The second-order valence-electron chi connectivity index (χ2n) is 24.8. The van der Waals surface area contributed by atoms with Crippen LogP contribution in [0.3, 0.4) is 0 Å². The van der Waals surface area contributed by atoms with Crippen LogP contribution < -0.4 is 20.7 Å². The fraction of sp³-hybridized carbons (Fsp3) is 0.721. The number of sulfonamides is 1. The summed E-state index contributed by atoms with van der Waals surface area (Å²) in [6.07, 6.45) is 4.14. The molecule has 22 nitrogen and oxygen atoms in total. The number of rotatable bonds is 36. The minimum absolute atomic E-state index is 0.00946. The second kappa shape index (κ2) is 34.3. The molecule has 2 aromatic rings. The van der Waals surface area contributed by atoms with E-state index in [-0.39, 0.29) is 114 Å². The zero-order valence-electron chi connectivity index (χ0n) is 53.0. The molecule has 4 rings (SSSR count). The molecule has 0 unspecified atom stereocenters. The molecule has 86 heavy (non-hydrogen) atoms. The third kappa shape index (κ3) is 22.0. The molecule has 0 bridgehead atoms. The van der Waals surface area contributed by atoms with Gasteiger partial charge in [0.1, 0.15) is 18.4 Å². The van der Waals surface area contributed by atoms with Crippen molar-refractivity contribution < 1.29 is 56.2 Å². The maximum Gasteiger partial charge on any atom is 0.410 e. The normalized spacial score (nSPS) is 17.6. The lowest BCUT2D eigenvalue weighted by atomic mass is 9.83. The number of nitrogens with zero attached hydrogens (tertiary/aromatic N) is 6. The van der Waals surface area contributed by atoms with Crippen molar-refractivity contribution in [3.8, 4) is 0 Å². The summed E-state index contributed by atoms with van der Waals surface area (Å²) in [5, 5.41) is 8.06. The van der Waals surface area contributed by atoms with Crippen molar-refractivity contribution in [2.45, 2.75) is 202 Å². The molecule has 2 fully saturated rings. The molecule has 0 radical (unpaired) electrons. The Hall–Kier alpha value is -5.52. The van der Waals surface area contributed by atoms with Crippen molar-refractivity contribution in [2.75, 3.05) is 44.9 Å². The third-order valence-electron chi connectivity index (χ3n) is 16.8. The van der Waals surface area contributed by atoms with Crippen molar-refractivity contribution >= 4 is 92.1 Å². The van der Waals surface area contributed by atoms with Gasteiger partial charge in [-0.2, -0.15) is 15.0 Å². The summed E-state index contributed by atoms with van der Waals surface area (Å²) in [5.74, 6) is -5.14. The lowest BCUT2D eigenvalue weighted by molar-refractivity contribution is -0.148. The summed E-state index contributed by atoms with van der Waals surface area (Å²) in [6, 6.07) is 3.88. The van der Waals surface area contributed by atoms with Crippen LogP contribution in [-0.4, -0.2) is 155 Å². The van der Waals surface area contributed by atoms with Crippen LogP contribution in [-0.2, 0) is 59.7 Å². The average Bonchev–Trinajstić information content (AvgIpc) is 2.03. The Morgan fingerprint density at radius 3 is 1.99 bits per heavy atom. The first-order valence-corrected chi connectivity index (χ1v) is 32.8. The number of halogens is 2. The molecule has 2 aliphatic rings. The van der Waals surface area contributed by atoms with Gasteiger partial charge in [-0.1, -0.05) is 101 Å². The summed E-state index contributed by atoms with van der Waals surface area (Å²) in [4.78, 5) is 126. The first-order chi connectivity index (χ1) is 40.4. The van der Waals surface area contributed by atoms with E-state index in [2.05, 4.69) is 35.6 Å². The summed E-state index contributed by atoms with van der Waals surface area (Å²) in [5.41, 5.74) is 1.13. The molecule has 1 saturated heterocycles. The average molecular weight is 1260 g/mol. The highest BCUT2D eigenvalue weighted by Gasteiger charge is 2.44. The highest BCUT2D eigenvalue weighted by Crippen LogP contribution is 2.33. The molecule has 4 N–H and O–H groups in total. The van der Waals surface area contributed by atoms with Crippen molar-refractivity contribution in [1.29, 1.82) is 0 Å². The van der Waals surface area contributed by atoms with Gasteiger partial charge < -0.3 is 40.1 Å². The van der Waals surface area contributed by atoms with E-state index in [1.54, 1.807) is 55.0 Å². The number of carbonyl (C=O) groups excluding carboxylic acids is 8. The van der Waals surface area contributed by atoms with Crippen LogP contribution in [0.1, 0.15) is 165 Å². The third-order valence-corrected chi connectivity index (χ3v) is 19.0. The Morgan fingerprint density at radius 2 is 1.42 bits per heavy atom. The Bertz CT molecular complexity index is 2710. The van der Waals surface area contributed by atoms with Crippen molar-refractivity contribution in [3.63, 3.8) is 0 Å². The number of hydrogen-bond donors (Lipinski definition) is 4. The number of unbranched alkanes of at least 4 members (excludes halogenated alkanes) is 2. The lowest BCUT2D eigenvalue weighted by Gasteiger charge is -2.41. The molecule has 482 valence electrons. The maximum absolute atomic E-state index is 14.8. The first-order valence-electron chi connectivity index (χ1n) is 30.5. The van der Waals surface area contributed by atoms with E-state index in [0.717, 1.165) is 12.8 Å². The second-order valence-corrected chi connectivity index (χ2v) is 27.4. The van der Waals surface area contributed by atoms with Crippen LogP contribution in [0, 0.1) is 47.3 Å². The number of likely N-dealkylation sites (tertiary alicyclic amines) is 1. The van der Waals surface area contributed by atoms with E-state index in [4.69, 9.17) is 32.7 Å². The monoisotopic (exact) mass is 1260 g/mol. The van der Waals surface area contributed by atoms with E-state index in [1.165, 1.54) is 19.1 Å². The Kier molecular flexibility index (Phi) is 29.1. The summed E-state index contributed by atoms with van der Waals surface area (Å²) in [7, 11) is 0.869. The molecule has 6 amide bonds. The first kappa shape index (κ1) is 73.0. The fourth-order valence-electron chi connectivity index (χ4n) is 11.2. The molecule has 0 spiro atoms. The van der Waals surface area contributed by atoms with Crippen LogP contribution in [0.4, 0.5) is 16.4 Å². The Balaban J connectivity index is 1.31. The largest absolute Gasteiger partial charge is 0.445 e. The number of benzene rings is 1. The van der Waals surface area contributed by atoms with Crippen LogP contribution >= 0.6 is 23.2 Å². The van der Waals surface area contributed by atoms with Gasteiger partial charge in [-0.15, -0.1) is 0 Å². The molecule has 2 heterocycles. The minimum Gasteiger partial charge on any atom is -0.445 e. The molecule has 1 aliphatic carbocycles. The Morgan fingerprint density at radius 1 is 0.779 bits per heavy atom. The predicted molar refractivity (Wildman–Crippen MR) is 331 cm³/mol. The number of carbonyl (C=O) groups is 8. The number of nitrogens with one attached hydrogen (secondary N) is 4. The molecular formula is C61H96Cl2N10O12S. The number of hydrogen-bond acceptors (Lipinski definition) is 16. The SMILES string of the molecule is CC[C@H](C)[C@@H]([C@@H](CC(=O)N1CCC[C@H]1[C@H](C)[C@@H](C)C(=O)N[C@@H](CC(C)C)C(=O)NS(=O)(=O)C1CC1)OC)N(C)C(=O)[C@@H](CC(=O)[C@H](C(C)C)N(C)C(=O)OCc1ccc(NC(=O)[C@H](C)CC(=O)CCCCCNc2nc(Cl)nc(Cl)n2)cc1)C(C)C. The standard InChI is InChI=1S/C61H96Cl2N10O12S/c1-15-38(8)53(50(84-14)33-51(76)73-29-19-21-48(73)40(10)41(11)55(78)66-47(30-35(2)3)56(79)70-86(82,83)45-26-27-45)71(12)57(80)46(36(4)5)32-49(75)52(37(6)7)72(13)61(81)85-34-42-22-24-43(25-23-42)65-54(77)39(9)31-44(74)20-17-16-18-28-64-60-68-58(62)67-59(63)69-60/h22-25,35-41,45-48,50,52-53H,15-21,26-34H2,1-14H3,(H,65,77)(H,66,78)(H,70,79)(H,64,67,68,69)/t38-,39+,40+,41+,46-,47-,48-,50+,52-,53-/m0/s1. The summed E-state index contributed by atoms with van der Waals surface area (Å²) in [6.45, 7) is 21.4. The van der Waals surface area contributed by atoms with Gasteiger partial charge in [0, 0.05) is 83.0 Å². The molecule has 25 heteroatoms. The molecule has 1 aromatic carbocycles. The smallest absolute Gasteiger partial charge is 0.410 e. The summed E-state index contributed by atoms with van der Waals surface area (Å²) >= 11 is 11.6. The van der Waals surface area contributed by atoms with E-state index >= 15 is 0 Å². The molecular weight excluding hydrogens is 1170 g/mol. The van der Waals surface area contributed by atoms with Crippen molar-refractivity contribution in [3.05, 3.63) is 40.4 Å². The van der Waals surface area contributed by atoms with Crippen LogP contribution in [0.2, 0.25) is 10.6 Å². The van der Waals surface area contributed by atoms with Crippen LogP contribution in [0.5, 0.6) is 0 Å². The zero-order chi connectivity index (χ0) is 64.3. The molecule has 1 saturated carbocycles.